The van der Waals surface area contributed by atoms with Gasteiger partial charge in [0.2, 0.25) is 5.91 Å². The Morgan fingerprint density at radius 3 is 2.23 bits per heavy atom. The lowest BCUT2D eigenvalue weighted by Gasteiger charge is -2.02. The van der Waals surface area contributed by atoms with E-state index >= 15 is 0 Å². The van der Waals surface area contributed by atoms with Crippen molar-refractivity contribution in [1.82, 2.24) is 0 Å². The zero-order chi connectivity index (χ0) is 16.1. The zero-order valence-electron chi connectivity index (χ0n) is 11.1. The van der Waals surface area contributed by atoms with Crippen LogP contribution in [0.5, 0.6) is 0 Å². The summed E-state index contributed by atoms with van der Waals surface area (Å²) in [7, 11) is 0. The van der Waals surface area contributed by atoms with Crippen molar-refractivity contribution < 1.29 is 18.5 Å². The third-order valence-corrected chi connectivity index (χ3v) is 2.66. The fraction of sp³-hybridized carbons (Fsp3) is 0. The number of nitrogens with one attached hydrogen (secondary N) is 1. The number of halogens is 2. The van der Waals surface area contributed by atoms with Gasteiger partial charge in [-0.3, -0.25) is 14.9 Å². The highest BCUT2D eigenvalue weighted by molar-refractivity contribution is 6.01. The molecule has 112 valence electrons. The zero-order valence-corrected chi connectivity index (χ0v) is 11.1. The summed E-state index contributed by atoms with van der Waals surface area (Å²) in [6, 6.07) is 8.23. The van der Waals surface area contributed by atoms with Crippen molar-refractivity contribution in [2.75, 3.05) is 5.32 Å². The number of nitro groups is 1. The third kappa shape index (κ3) is 4.20. The van der Waals surface area contributed by atoms with Crippen LogP contribution in [0.3, 0.4) is 0 Å². The standard InChI is InChI=1S/C15H10F2N2O3/c16-11-7-12(17)9-13(8-11)18-15(20)6-3-10-1-4-14(5-2-10)19(21)22/h1-9H,(H,18,20)/b6-3+. The molecule has 0 fully saturated rings. The first kappa shape index (κ1) is 15.3. The van der Waals surface area contributed by atoms with Crippen LogP contribution in [0.15, 0.2) is 48.5 Å². The van der Waals surface area contributed by atoms with E-state index in [9.17, 15) is 23.7 Å². The first-order valence-electron chi connectivity index (χ1n) is 6.13. The average Bonchev–Trinajstić information content (AvgIpc) is 2.44. The van der Waals surface area contributed by atoms with Crippen molar-refractivity contribution in [3.63, 3.8) is 0 Å². The van der Waals surface area contributed by atoms with Gasteiger partial charge in [0.25, 0.3) is 5.69 Å². The van der Waals surface area contributed by atoms with E-state index in [1.807, 2.05) is 0 Å². The highest BCUT2D eigenvalue weighted by atomic mass is 19.1. The van der Waals surface area contributed by atoms with Crippen LogP contribution in [0.25, 0.3) is 6.08 Å². The van der Waals surface area contributed by atoms with Gasteiger partial charge in [-0.2, -0.15) is 0 Å². The van der Waals surface area contributed by atoms with Gasteiger partial charge in [-0.15, -0.1) is 0 Å². The van der Waals surface area contributed by atoms with Crippen LogP contribution in [0, 0.1) is 21.7 Å². The van der Waals surface area contributed by atoms with Crippen molar-refractivity contribution in [2.45, 2.75) is 0 Å². The Morgan fingerprint density at radius 2 is 1.68 bits per heavy atom. The van der Waals surface area contributed by atoms with Gasteiger partial charge in [0.15, 0.2) is 0 Å². The summed E-state index contributed by atoms with van der Waals surface area (Å²) >= 11 is 0. The molecule has 0 bridgehead atoms. The molecule has 2 rings (SSSR count). The molecule has 0 aliphatic heterocycles. The number of amides is 1. The summed E-state index contributed by atoms with van der Waals surface area (Å²) in [5, 5.41) is 12.8. The molecule has 0 heterocycles. The smallest absolute Gasteiger partial charge is 0.269 e. The van der Waals surface area contributed by atoms with Crippen molar-refractivity contribution in [3.05, 3.63) is 75.9 Å². The van der Waals surface area contributed by atoms with E-state index in [0.717, 1.165) is 18.2 Å². The molecular formula is C15H10F2N2O3. The van der Waals surface area contributed by atoms with Crippen LogP contribution in [-0.4, -0.2) is 10.8 Å². The van der Waals surface area contributed by atoms with E-state index in [0.29, 0.717) is 11.6 Å². The van der Waals surface area contributed by atoms with Crippen LogP contribution < -0.4 is 5.32 Å². The molecule has 2 aromatic carbocycles. The molecule has 0 saturated heterocycles. The first-order chi connectivity index (χ1) is 10.4. The molecule has 1 N–H and O–H groups in total. The lowest BCUT2D eigenvalue weighted by atomic mass is 10.2. The molecule has 7 heteroatoms. The summed E-state index contributed by atoms with van der Waals surface area (Å²) in [4.78, 5) is 21.6. The third-order valence-electron chi connectivity index (χ3n) is 2.66. The van der Waals surface area contributed by atoms with Crippen LogP contribution in [0.1, 0.15) is 5.56 Å². The Balaban J connectivity index is 2.03. The molecule has 0 aromatic heterocycles. The largest absolute Gasteiger partial charge is 0.322 e. The van der Waals surface area contributed by atoms with Crippen LogP contribution in [-0.2, 0) is 4.79 Å². The number of anilines is 1. The fourth-order valence-corrected chi connectivity index (χ4v) is 1.69. The second-order valence-corrected chi connectivity index (χ2v) is 4.33. The van der Waals surface area contributed by atoms with Gasteiger partial charge in [-0.1, -0.05) is 0 Å². The molecular weight excluding hydrogens is 294 g/mol. The van der Waals surface area contributed by atoms with Crippen LogP contribution in [0.2, 0.25) is 0 Å². The summed E-state index contributed by atoms with van der Waals surface area (Å²) < 4.78 is 25.9. The van der Waals surface area contributed by atoms with Crippen molar-refractivity contribution in [2.24, 2.45) is 0 Å². The minimum absolute atomic E-state index is 0.00384. The molecule has 0 saturated carbocycles. The van der Waals surface area contributed by atoms with Gasteiger partial charge >= 0.3 is 0 Å². The summed E-state index contributed by atoms with van der Waals surface area (Å²) in [6.45, 7) is 0. The number of rotatable bonds is 4. The monoisotopic (exact) mass is 304 g/mol. The lowest BCUT2D eigenvalue weighted by Crippen LogP contribution is -2.08. The number of nitrogens with zero attached hydrogens (tertiary/aromatic N) is 1. The van der Waals surface area contributed by atoms with Crippen molar-refractivity contribution >= 4 is 23.4 Å². The number of hydrogen-bond donors (Lipinski definition) is 1. The topological polar surface area (TPSA) is 72.2 Å². The number of carbonyl (C=O) groups excluding carboxylic acids is 1. The van der Waals surface area contributed by atoms with E-state index in [1.54, 1.807) is 0 Å². The van der Waals surface area contributed by atoms with Gasteiger partial charge in [0.1, 0.15) is 11.6 Å². The van der Waals surface area contributed by atoms with Gasteiger partial charge in [-0.25, -0.2) is 8.78 Å². The van der Waals surface area contributed by atoms with E-state index in [-0.39, 0.29) is 11.4 Å². The summed E-state index contributed by atoms with van der Waals surface area (Å²) in [5.41, 5.74) is 0.513. The number of hydrogen-bond acceptors (Lipinski definition) is 3. The molecule has 0 atom stereocenters. The highest BCUT2D eigenvalue weighted by Crippen LogP contribution is 2.14. The highest BCUT2D eigenvalue weighted by Gasteiger charge is 2.04. The summed E-state index contributed by atoms with van der Waals surface area (Å²) in [6.07, 6.45) is 2.58. The number of carbonyl (C=O) groups is 1. The van der Waals surface area contributed by atoms with E-state index in [2.05, 4.69) is 5.32 Å². The quantitative estimate of drug-likeness (QED) is 0.533. The Labute approximate surface area is 124 Å². The molecule has 22 heavy (non-hydrogen) atoms. The molecule has 1 amide bonds. The van der Waals surface area contributed by atoms with E-state index in [1.165, 1.54) is 30.3 Å². The maximum absolute atomic E-state index is 13.0. The molecule has 0 spiro atoms. The second-order valence-electron chi connectivity index (χ2n) is 4.33. The average molecular weight is 304 g/mol. The predicted molar refractivity (Wildman–Crippen MR) is 77.1 cm³/mol. The van der Waals surface area contributed by atoms with Gasteiger partial charge in [0, 0.05) is 30.0 Å². The van der Waals surface area contributed by atoms with Gasteiger partial charge in [0.05, 0.1) is 4.92 Å². The van der Waals surface area contributed by atoms with Crippen molar-refractivity contribution in [3.8, 4) is 0 Å². The Bertz CT molecular complexity index is 723. The Kier molecular flexibility index (Phi) is 4.57. The molecule has 2 aromatic rings. The maximum atomic E-state index is 13.0. The number of non-ortho nitro benzene ring substituents is 1. The minimum atomic E-state index is -0.797. The molecule has 0 aliphatic rings. The molecule has 5 nitrogen and oxygen atoms in total. The Morgan fingerprint density at radius 1 is 1.09 bits per heavy atom. The SMILES string of the molecule is O=C(/C=C/c1ccc([N+](=O)[O-])cc1)Nc1cc(F)cc(F)c1. The predicted octanol–water partition coefficient (Wildman–Crippen LogP) is 3.52. The van der Waals surface area contributed by atoms with Crippen LogP contribution in [0.4, 0.5) is 20.2 Å². The molecule has 0 unspecified atom stereocenters. The van der Waals surface area contributed by atoms with Gasteiger partial charge < -0.3 is 5.32 Å². The normalized spacial score (nSPS) is 10.6. The number of benzene rings is 2. The number of nitro benzene ring substituents is 1. The fourth-order valence-electron chi connectivity index (χ4n) is 1.69. The van der Waals surface area contributed by atoms with Gasteiger partial charge in [-0.05, 0) is 35.9 Å². The summed E-state index contributed by atoms with van der Waals surface area (Å²) in [5.74, 6) is -2.17. The molecule has 0 aliphatic carbocycles. The lowest BCUT2D eigenvalue weighted by molar-refractivity contribution is -0.384. The molecule has 0 radical (unpaired) electrons. The maximum Gasteiger partial charge on any atom is 0.269 e. The first-order valence-corrected chi connectivity index (χ1v) is 6.13. The van der Waals surface area contributed by atoms with E-state index in [4.69, 9.17) is 0 Å². The minimum Gasteiger partial charge on any atom is -0.322 e. The van der Waals surface area contributed by atoms with Crippen molar-refractivity contribution in [1.29, 1.82) is 0 Å². The second kappa shape index (κ2) is 6.57. The van der Waals surface area contributed by atoms with Crippen LogP contribution >= 0.6 is 0 Å². The Hall–Kier alpha value is -3.09. The van der Waals surface area contributed by atoms with E-state index < -0.39 is 22.5 Å².